The highest BCUT2D eigenvalue weighted by Gasteiger charge is 2.40. The summed E-state index contributed by atoms with van der Waals surface area (Å²) in [5.41, 5.74) is 3.86. The zero-order valence-electron chi connectivity index (χ0n) is 19.4. The summed E-state index contributed by atoms with van der Waals surface area (Å²) >= 11 is 0. The first-order chi connectivity index (χ1) is 16.2. The van der Waals surface area contributed by atoms with Crippen LogP contribution in [0.2, 0.25) is 0 Å². The number of carbonyl (C=O) groups is 2. The summed E-state index contributed by atoms with van der Waals surface area (Å²) in [4.78, 5) is 26.5. The number of furan rings is 1. The molecule has 1 N–H and O–H groups in total. The number of ketones is 1. The molecule has 1 amide bonds. The smallest absolute Gasteiger partial charge is 0.291 e. The van der Waals surface area contributed by atoms with E-state index in [9.17, 15) is 14.0 Å². The lowest BCUT2D eigenvalue weighted by molar-refractivity contribution is 0.0507. The second-order valence-electron chi connectivity index (χ2n) is 9.03. The molecule has 0 spiro atoms. The third-order valence-corrected chi connectivity index (χ3v) is 6.55. The highest BCUT2D eigenvalue weighted by Crippen LogP contribution is 2.44. The highest BCUT2D eigenvalue weighted by atomic mass is 19.1. The Morgan fingerprint density at radius 2 is 1.68 bits per heavy atom. The first-order valence-corrected chi connectivity index (χ1v) is 11.1. The van der Waals surface area contributed by atoms with Crippen molar-refractivity contribution in [2.24, 2.45) is 0 Å². The van der Waals surface area contributed by atoms with Crippen LogP contribution in [0.3, 0.4) is 0 Å². The van der Waals surface area contributed by atoms with E-state index in [0.717, 1.165) is 16.8 Å². The minimum absolute atomic E-state index is 0.0826. The molecule has 172 valence electrons. The van der Waals surface area contributed by atoms with Crippen molar-refractivity contribution >= 4 is 28.3 Å². The van der Waals surface area contributed by atoms with Gasteiger partial charge in [-0.25, -0.2) is 4.39 Å². The first-order valence-electron chi connectivity index (χ1n) is 11.1. The number of aryl methyl sites for hydroxylation is 3. The quantitative estimate of drug-likeness (QED) is 0.375. The van der Waals surface area contributed by atoms with Gasteiger partial charge in [0, 0.05) is 16.6 Å². The van der Waals surface area contributed by atoms with Gasteiger partial charge in [0.2, 0.25) is 0 Å². The van der Waals surface area contributed by atoms with Gasteiger partial charge < -0.3 is 14.5 Å². The van der Waals surface area contributed by atoms with E-state index in [1.807, 2.05) is 39.0 Å². The van der Waals surface area contributed by atoms with Crippen molar-refractivity contribution in [2.45, 2.75) is 39.7 Å². The lowest BCUT2D eigenvalue weighted by Crippen LogP contribution is -2.36. The number of hydrogen-bond acceptors (Lipinski definition) is 4. The second kappa shape index (κ2) is 7.83. The van der Waals surface area contributed by atoms with E-state index in [4.69, 9.17) is 9.15 Å². The Morgan fingerprint density at radius 3 is 2.35 bits per heavy atom. The molecule has 1 aliphatic heterocycles. The normalized spacial score (nSPS) is 17.4. The van der Waals surface area contributed by atoms with Gasteiger partial charge in [-0.2, -0.15) is 0 Å². The number of rotatable bonds is 3. The number of para-hydroxylation sites is 1. The van der Waals surface area contributed by atoms with E-state index in [1.54, 1.807) is 31.2 Å². The molecule has 5 rings (SSSR count). The maximum absolute atomic E-state index is 13.4. The zero-order valence-corrected chi connectivity index (χ0v) is 19.4. The molecule has 5 nitrogen and oxygen atoms in total. The third-order valence-electron chi connectivity index (χ3n) is 6.55. The van der Waals surface area contributed by atoms with Crippen LogP contribution in [-0.4, -0.2) is 11.7 Å². The van der Waals surface area contributed by atoms with E-state index in [0.29, 0.717) is 33.4 Å². The van der Waals surface area contributed by atoms with E-state index in [-0.39, 0.29) is 29.7 Å². The Hall–Kier alpha value is -3.93. The molecular formula is C28H24FNO4. The summed E-state index contributed by atoms with van der Waals surface area (Å²) in [6, 6.07) is 15.2. The molecule has 2 heterocycles. The lowest BCUT2D eigenvalue weighted by atomic mass is 9.84. The molecule has 0 aliphatic carbocycles. The van der Waals surface area contributed by atoms with Gasteiger partial charge in [0.25, 0.3) is 5.91 Å². The standard InChI is InChI=1S/C28H24FNO4/c1-15-6-5-7-16(2)25(15)30-27(32)26-17(3)23-21(33-26)12-13-22-24(23)20(31)14-28(4,34-22)18-8-10-19(29)11-9-18/h5-13H,14H2,1-4H3,(H,30,32)/t28-/m1/s1. The Kier molecular flexibility index (Phi) is 5.04. The molecular weight excluding hydrogens is 433 g/mol. The number of Topliss-reactive ketones (excluding diaryl/α,β-unsaturated/α-hetero) is 1. The fourth-order valence-corrected chi connectivity index (χ4v) is 4.72. The fraction of sp³-hybridized carbons (Fsp3) is 0.214. The van der Waals surface area contributed by atoms with Crippen LogP contribution < -0.4 is 10.1 Å². The zero-order chi connectivity index (χ0) is 24.2. The fourth-order valence-electron chi connectivity index (χ4n) is 4.72. The van der Waals surface area contributed by atoms with E-state index in [2.05, 4.69) is 5.32 Å². The number of hydrogen-bond donors (Lipinski definition) is 1. The van der Waals surface area contributed by atoms with Gasteiger partial charge in [0.15, 0.2) is 11.5 Å². The number of halogens is 1. The topological polar surface area (TPSA) is 68.5 Å². The largest absolute Gasteiger partial charge is 0.482 e. The van der Waals surface area contributed by atoms with Gasteiger partial charge in [-0.1, -0.05) is 30.3 Å². The average Bonchev–Trinajstić information content (AvgIpc) is 3.13. The third kappa shape index (κ3) is 3.46. The Morgan fingerprint density at radius 1 is 1.00 bits per heavy atom. The molecule has 0 radical (unpaired) electrons. The summed E-state index contributed by atoms with van der Waals surface area (Å²) in [7, 11) is 0. The van der Waals surface area contributed by atoms with Crippen molar-refractivity contribution in [1.82, 2.24) is 0 Å². The minimum Gasteiger partial charge on any atom is -0.482 e. The van der Waals surface area contributed by atoms with Gasteiger partial charge in [0.05, 0.1) is 12.0 Å². The van der Waals surface area contributed by atoms with Crippen LogP contribution in [0, 0.1) is 26.6 Å². The molecule has 34 heavy (non-hydrogen) atoms. The molecule has 6 heteroatoms. The summed E-state index contributed by atoms with van der Waals surface area (Å²) in [6.45, 7) is 7.45. The van der Waals surface area contributed by atoms with E-state index >= 15 is 0 Å². The van der Waals surface area contributed by atoms with Gasteiger partial charge in [-0.3, -0.25) is 9.59 Å². The summed E-state index contributed by atoms with van der Waals surface area (Å²) < 4.78 is 25.6. The molecule has 0 saturated carbocycles. The maximum Gasteiger partial charge on any atom is 0.291 e. The average molecular weight is 458 g/mol. The minimum atomic E-state index is -0.925. The monoisotopic (exact) mass is 457 g/mol. The Labute approximate surface area is 196 Å². The number of amides is 1. The molecule has 0 unspecified atom stereocenters. The lowest BCUT2D eigenvalue weighted by Gasteiger charge is -2.35. The number of benzene rings is 3. The van der Waals surface area contributed by atoms with Crippen LogP contribution in [0.15, 0.2) is 59.0 Å². The number of carbonyl (C=O) groups excluding carboxylic acids is 2. The summed E-state index contributed by atoms with van der Waals surface area (Å²) in [6.07, 6.45) is 0.0826. The van der Waals surface area contributed by atoms with E-state index in [1.165, 1.54) is 12.1 Å². The van der Waals surface area contributed by atoms with Crippen molar-refractivity contribution in [3.63, 3.8) is 0 Å². The van der Waals surface area contributed by atoms with Crippen molar-refractivity contribution in [2.75, 3.05) is 5.32 Å². The Balaban J connectivity index is 1.55. The predicted octanol–water partition coefficient (Wildman–Crippen LogP) is 6.63. The maximum atomic E-state index is 13.4. The second-order valence-corrected chi connectivity index (χ2v) is 9.03. The number of fused-ring (bicyclic) bond motifs is 3. The van der Waals surface area contributed by atoms with Crippen LogP contribution in [-0.2, 0) is 5.60 Å². The van der Waals surface area contributed by atoms with Crippen LogP contribution in [0.4, 0.5) is 10.1 Å². The van der Waals surface area contributed by atoms with Crippen molar-refractivity contribution < 1.29 is 23.1 Å². The first kappa shape index (κ1) is 21.9. The molecule has 0 bridgehead atoms. The number of ether oxygens (including phenoxy) is 1. The van der Waals surface area contributed by atoms with Gasteiger partial charge in [-0.15, -0.1) is 0 Å². The van der Waals surface area contributed by atoms with Gasteiger partial charge in [0.1, 0.15) is 22.8 Å². The number of anilines is 1. The molecule has 1 aliphatic rings. The molecule has 1 atom stereocenters. The SMILES string of the molecule is Cc1cccc(C)c1NC(=O)c1oc2ccc3c(c2c1C)C(=O)C[C@](C)(c1ccc(F)cc1)O3. The van der Waals surface area contributed by atoms with Crippen molar-refractivity contribution in [3.8, 4) is 5.75 Å². The number of nitrogens with one attached hydrogen (secondary N) is 1. The van der Waals surface area contributed by atoms with Crippen molar-refractivity contribution in [3.05, 3.63) is 94.0 Å². The highest BCUT2D eigenvalue weighted by molar-refractivity contribution is 6.15. The van der Waals surface area contributed by atoms with Crippen molar-refractivity contribution in [1.29, 1.82) is 0 Å². The molecule has 1 aromatic heterocycles. The Bertz CT molecular complexity index is 1450. The van der Waals surface area contributed by atoms with Crippen LogP contribution in [0.1, 0.15) is 56.5 Å². The van der Waals surface area contributed by atoms with Crippen LogP contribution >= 0.6 is 0 Å². The predicted molar refractivity (Wildman–Crippen MR) is 128 cm³/mol. The molecule has 3 aromatic carbocycles. The van der Waals surface area contributed by atoms with Gasteiger partial charge in [-0.05, 0) is 68.7 Å². The van der Waals surface area contributed by atoms with Crippen LogP contribution in [0.5, 0.6) is 5.75 Å². The molecule has 0 fully saturated rings. The van der Waals surface area contributed by atoms with E-state index < -0.39 is 5.60 Å². The molecule has 0 saturated heterocycles. The van der Waals surface area contributed by atoms with Gasteiger partial charge >= 0.3 is 0 Å². The molecule has 4 aromatic rings. The van der Waals surface area contributed by atoms with Crippen LogP contribution in [0.25, 0.3) is 11.0 Å². The summed E-state index contributed by atoms with van der Waals surface area (Å²) in [5, 5.41) is 3.53. The summed E-state index contributed by atoms with van der Waals surface area (Å²) in [5.74, 6) is -0.270.